The molecule has 0 atom stereocenters. The minimum absolute atomic E-state index is 0.204. The molecule has 1 rings (SSSR count). The van der Waals surface area contributed by atoms with Crippen molar-refractivity contribution < 1.29 is 19.0 Å². The predicted molar refractivity (Wildman–Crippen MR) is 97.7 cm³/mol. The van der Waals surface area contributed by atoms with Crippen LogP contribution in [0.25, 0.3) is 0 Å². The Morgan fingerprint density at radius 3 is 2.54 bits per heavy atom. The van der Waals surface area contributed by atoms with E-state index in [2.05, 4.69) is 10.1 Å². The second-order valence-corrected chi connectivity index (χ2v) is 5.66. The molecule has 134 valence electrons. The number of methoxy groups -OCH3 is 3. The molecule has 0 bridgehead atoms. The molecule has 0 saturated carbocycles. The van der Waals surface area contributed by atoms with Gasteiger partial charge in [-0.2, -0.15) is 0 Å². The number of carbonyl (C=O) groups is 1. The van der Waals surface area contributed by atoms with E-state index in [1.54, 1.807) is 14.2 Å². The van der Waals surface area contributed by atoms with Crippen molar-refractivity contribution in [3.8, 4) is 11.5 Å². The minimum Gasteiger partial charge on any atom is -0.493 e. The van der Waals surface area contributed by atoms with Gasteiger partial charge < -0.3 is 24.4 Å². The van der Waals surface area contributed by atoms with Gasteiger partial charge in [-0.25, -0.2) is 0 Å². The second kappa shape index (κ2) is 10.7. The van der Waals surface area contributed by atoms with Crippen molar-refractivity contribution in [3.05, 3.63) is 23.8 Å². The summed E-state index contributed by atoms with van der Waals surface area (Å²) in [6.45, 7) is 1.42. The number of nitrogens with zero attached hydrogens (tertiary/aromatic N) is 1. The summed E-state index contributed by atoms with van der Waals surface area (Å²) in [6, 6.07) is 5.89. The topological polar surface area (TPSA) is 60.0 Å². The average Bonchev–Trinajstić information content (AvgIpc) is 2.62. The van der Waals surface area contributed by atoms with Crippen LogP contribution in [0.3, 0.4) is 0 Å². The summed E-state index contributed by atoms with van der Waals surface area (Å²) < 4.78 is 15.1. The van der Waals surface area contributed by atoms with Crippen LogP contribution < -0.4 is 14.8 Å². The maximum atomic E-state index is 11.0. The van der Waals surface area contributed by atoms with Gasteiger partial charge in [-0.3, -0.25) is 4.79 Å². The van der Waals surface area contributed by atoms with E-state index in [0.29, 0.717) is 24.5 Å². The highest BCUT2D eigenvalue weighted by Gasteiger charge is 2.08. The standard InChI is InChI=1S/C17H26N2O4S/c1-19(17(24)18-10-5-6-16(20)23-4)11-9-13-7-8-14(21-2)15(12-13)22-3/h7-8,12H,5-6,9-11H2,1-4H3,(H,18,24). The van der Waals surface area contributed by atoms with Crippen LogP contribution in [0.1, 0.15) is 18.4 Å². The molecule has 0 fully saturated rings. The largest absolute Gasteiger partial charge is 0.493 e. The third-order valence-corrected chi connectivity index (χ3v) is 4.05. The van der Waals surface area contributed by atoms with Gasteiger partial charge in [-0.15, -0.1) is 0 Å². The summed E-state index contributed by atoms with van der Waals surface area (Å²) in [5.41, 5.74) is 1.15. The number of rotatable bonds is 9. The number of hydrogen-bond acceptors (Lipinski definition) is 5. The summed E-state index contributed by atoms with van der Waals surface area (Å²) in [7, 11) is 6.58. The number of hydrogen-bond donors (Lipinski definition) is 1. The second-order valence-electron chi connectivity index (χ2n) is 5.27. The van der Waals surface area contributed by atoms with Crippen molar-refractivity contribution >= 4 is 23.3 Å². The van der Waals surface area contributed by atoms with Gasteiger partial charge in [0.25, 0.3) is 0 Å². The third kappa shape index (κ3) is 6.62. The first kappa shape index (κ1) is 20.0. The number of likely N-dealkylation sites (N-methyl/N-ethyl adjacent to an activating group) is 1. The van der Waals surface area contributed by atoms with Crippen LogP contribution in [0, 0.1) is 0 Å². The van der Waals surface area contributed by atoms with E-state index >= 15 is 0 Å². The van der Waals surface area contributed by atoms with Gasteiger partial charge >= 0.3 is 5.97 Å². The zero-order valence-electron chi connectivity index (χ0n) is 14.8. The fourth-order valence-electron chi connectivity index (χ4n) is 2.10. The number of nitrogens with one attached hydrogen (secondary N) is 1. The van der Waals surface area contributed by atoms with Crippen molar-refractivity contribution in [2.45, 2.75) is 19.3 Å². The summed E-state index contributed by atoms with van der Waals surface area (Å²) in [5.74, 6) is 1.24. The van der Waals surface area contributed by atoms with E-state index in [0.717, 1.165) is 30.0 Å². The smallest absolute Gasteiger partial charge is 0.305 e. The summed E-state index contributed by atoms with van der Waals surface area (Å²) >= 11 is 5.34. The summed E-state index contributed by atoms with van der Waals surface area (Å²) in [6.07, 6.45) is 1.92. The Bertz CT molecular complexity index is 551. The SMILES string of the molecule is COC(=O)CCCNC(=S)N(C)CCc1ccc(OC)c(OC)c1. The number of ether oxygens (including phenoxy) is 3. The molecule has 7 heteroatoms. The summed E-state index contributed by atoms with van der Waals surface area (Å²) in [4.78, 5) is 13.0. The maximum absolute atomic E-state index is 11.0. The van der Waals surface area contributed by atoms with Gasteiger partial charge in [0.1, 0.15) is 0 Å². The lowest BCUT2D eigenvalue weighted by molar-refractivity contribution is -0.140. The normalized spacial score (nSPS) is 10.0. The first-order valence-corrected chi connectivity index (χ1v) is 8.19. The minimum atomic E-state index is -0.204. The first-order valence-electron chi connectivity index (χ1n) is 7.78. The molecule has 6 nitrogen and oxygen atoms in total. The Labute approximate surface area is 149 Å². The lowest BCUT2D eigenvalue weighted by Crippen LogP contribution is -2.38. The van der Waals surface area contributed by atoms with Crippen LogP contribution in [0.2, 0.25) is 0 Å². The van der Waals surface area contributed by atoms with Crippen LogP contribution in [0.15, 0.2) is 18.2 Å². The lowest BCUT2D eigenvalue weighted by Gasteiger charge is -2.21. The molecule has 0 aliphatic rings. The molecule has 0 heterocycles. The lowest BCUT2D eigenvalue weighted by atomic mass is 10.1. The molecule has 0 amide bonds. The predicted octanol–water partition coefficient (Wildman–Crippen LogP) is 2.01. The van der Waals surface area contributed by atoms with E-state index in [4.69, 9.17) is 21.7 Å². The molecular weight excluding hydrogens is 328 g/mol. The van der Waals surface area contributed by atoms with E-state index in [1.807, 2.05) is 30.1 Å². The number of thiocarbonyl (C=S) groups is 1. The van der Waals surface area contributed by atoms with E-state index in [9.17, 15) is 4.79 Å². The quantitative estimate of drug-likeness (QED) is 0.413. The van der Waals surface area contributed by atoms with Gasteiger partial charge in [0.2, 0.25) is 0 Å². The van der Waals surface area contributed by atoms with Gasteiger partial charge in [0, 0.05) is 26.6 Å². The number of esters is 1. The van der Waals surface area contributed by atoms with Gasteiger partial charge in [-0.05, 0) is 42.8 Å². The Hall–Kier alpha value is -2.02. The van der Waals surface area contributed by atoms with Gasteiger partial charge in [0.05, 0.1) is 21.3 Å². The van der Waals surface area contributed by atoms with Crippen molar-refractivity contribution in [1.82, 2.24) is 10.2 Å². The maximum Gasteiger partial charge on any atom is 0.305 e. The van der Waals surface area contributed by atoms with Gasteiger partial charge in [-0.1, -0.05) is 6.07 Å². The molecule has 0 radical (unpaired) electrons. The van der Waals surface area contributed by atoms with E-state index in [1.165, 1.54) is 7.11 Å². The van der Waals surface area contributed by atoms with Crippen LogP contribution in [-0.4, -0.2) is 57.4 Å². The molecule has 1 N–H and O–H groups in total. The zero-order valence-corrected chi connectivity index (χ0v) is 15.6. The van der Waals surface area contributed by atoms with Gasteiger partial charge in [0.15, 0.2) is 16.6 Å². The van der Waals surface area contributed by atoms with Crippen LogP contribution in [0.5, 0.6) is 11.5 Å². The van der Waals surface area contributed by atoms with Crippen molar-refractivity contribution in [1.29, 1.82) is 0 Å². The number of carbonyl (C=O) groups excluding carboxylic acids is 1. The molecule has 1 aromatic rings. The molecule has 0 saturated heterocycles. The molecule has 0 aromatic heterocycles. The van der Waals surface area contributed by atoms with Crippen LogP contribution >= 0.6 is 12.2 Å². The molecule has 24 heavy (non-hydrogen) atoms. The Kier molecular flexibility index (Phi) is 8.93. The Morgan fingerprint density at radius 2 is 1.92 bits per heavy atom. The van der Waals surface area contributed by atoms with E-state index < -0.39 is 0 Å². The van der Waals surface area contributed by atoms with E-state index in [-0.39, 0.29) is 5.97 Å². The first-order chi connectivity index (χ1) is 11.5. The molecule has 1 aromatic carbocycles. The fraction of sp³-hybridized carbons (Fsp3) is 0.529. The van der Waals surface area contributed by atoms with Crippen molar-refractivity contribution in [3.63, 3.8) is 0 Å². The highest BCUT2D eigenvalue weighted by atomic mass is 32.1. The number of benzene rings is 1. The zero-order chi connectivity index (χ0) is 17.9. The molecule has 0 aliphatic heterocycles. The van der Waals surface area contributed by atoms with Crippen LogP contribution in [0.4, 0.5) is 0 Å². The molecule has 0 spiro atoms. The highest BCUT2D eigenvalue weighted by Crippen LogP contribution is 2.27. The molecule has 0 aliphatic carbocycles. The fourth-order valence-corrected chi connectivity index (χ4v) is 2.29. The monoisotopic (exact) mass is 354 g/mol. The molecule has 0 unspecified atom stereocenters. The highest BCUT2D eigenvalue weighted by molar-refractivity contribution is 7.80. The van der Waals surface area contributed by atoms with Crippen LogP contribution in [-0.2, 0) is 16.0 Å². The Balaban J connectivity index is 2.38. The summed E-state index contributed by atoms with van der Waals surface area (Å²) in [5, 5.41) is 3.81. The molecular formula is C17H26N2O4S. The van der Waals surface area contributed by atoms with Crippen molar-refractivity contribution in [2.75, 3.05) is 41.5 Å². The average molecular weight is 354 g/mol. The Morgan fingerprint density at radius 1 is 1.21 bits per heavy atom. The third-order valence-electron chi connectivity index (χ3n) is 3.59. The van der Waals surface area contributed by atoms with Crippen molar-refractivity contribution in [2.24, 2.45) is 0 Å².